The Morgan fingerprint density at radius 2 is 0.935 bits per heavy atom. The third-order valence-electron chi connectivity index (χ3n) is 11.0. The fraction of sp³-hybridized carbons (Fsp3) is 0.628. The average Bonchev–Trinajstić information content (AvgIpc) is 3.21. The number of carbonyl (C=O) groups is 4. The van der Waals surface area contributed by atoms with Crippen molar-refractivity contribution in [2.45, 2.75) is 124 Å². The Hall–Kier alpha value is -3.78. The maximum atomic E-state index is 11.5. The molecule has 2 aromatic rings. The van der Waals surface area contributed by atoms with Crippen molar-refractivity contribution in [3.63, 3.8) is 0 Å². The molecule has 348 valence electrons. The van der Waals surface area contributed by atoms with Crippen LogP contribution in [0.15, 0.2) is 48.5 Å². The Balaban J connectivity index is 0.000000252. The third kappa shape index (κ3) is 15.8. The highest BCUT2D eigenvalue weighted by atomic mass is 35.5. The number of aliphatic hydroxyl groups excluding tert-OH is 4. The summed E-state index contributed by atoms with van der Waals surface area (Å²) in [7, 11) is 0. The van der Waals surface area contributed by atoms with E-state index in [0.717, 1.165) is 0 Å². The quantitative estimate of drug-likeness (QED) is 0.180. The summed E-state index contributed by atoms with van der Waals surface area (Å²) < 4.78 is 48.8. The Labute approximate surface area is 371 Å². The highest BCUT2D eigenvalue weighted by molar-refractivity contribution is 6.30. The van der Waals surface area contributed by atoms with Crippen LogP contribution in [0.5, 0.6) is 11.5 Å². The molecular formula is C43H60Cl2O17. The van der Waals surface area contributed by atoms with Gasteiger partial charge in [-0.15, -0.1) is 0 Å². The molecule has 15 atom stereocenters. The normalized spacial score (nSPS) is 32.9. The number of carbonyl (C=O) groups excluding carboxylic acids is 4. The van der Waals surface area contributed by atoms with Gasteiger partial charge in [-0.2, -0.15) is 0 Å². The molecule has 62 heavy (non-hydrogen) atoms. The summed E-state index contributed by atoms with van der Waals surface area (Å²) in [6.45, 7) is 15.3. The number of benzene rings is 2. The van der Waals surface area contributed by atoms with Crippen LogP contribution >= 0.6 is 23.2 Å². The highest BCUT2D eigenvalue weighted by Crippen LogP contribution is 2.36. The minimum Gasteiger partial charge on any atom is -0.463 e. The molecule has 3 aliphatic heterocycles. The van der Waals surface area contributed by atoms with Gasteiger partial charge in [0.05, 0.1) is 18.8 Å². The van der Waals surface area contributed by atoms with Gasteiger partial charge in [-0.05, 0) is 66.3 Å². The summed E-state index contributed by atoms with van der Waals surface area (Å²) in [4.78, 5) is 44.4. The molecule has 7 unspecified atom stereocenters. The Morgan fingerprint density at radius 3 is 1.37 bits per heavy atom. The zero-order valence-electron chi connectivity index (χ0n) is 36.3. The SMILES string of the molecule is CC(=O)OCC1OC(OC(C)=O)C(C)[C@@H](C)[C@@H]1C.CC(=O)OCC1O[C@@H](Oc2ccc(Cl)cc2)C(OC(C)=O)[C@@H](C)[C@@H]1C.OCC1O[C@@H](Oc2ccc(Cl)cc2)C(O)[C@@H](O)[C@@H]1O. The van der Waals surface area contributed by atoms with Gasteiger partial charge >= 0.3 is 23.9 Å². The maximum Gasteiger partial charge on any atom is 0.304 e. The van der Waals surface area contributed by atoms with E-state index in [0.29, 0.717) is 27.5 Å². The molecule has 3 fully saturated rings. The van der Waals surface area contributed by atoms with E-state index >= 15 is 0 Å². The zero-order valence-corrected chi connectivity index (χ0v) is 37.8. The summed E-state index contributed by atoms with van der Waals surface area (Å²) in [5.74, 6) is 0.0994. The topological polar surface area (TPSA) is 232 Å². The van der Waals surface area contributed by atoms with Gasteiger partial charge in [0.15, 0.2) is 6.10 Å². The van der Waals surface area contributed by atoms with Gasteiger partial charge in [0.25, 0.3) is 0 Å². The number of hydrogen-bond acceptors (Lipinski definition) is 17. The fourth-order valence-corrected chi connectivity index (χ4v) is 6.99. The van der Waals surface area contributed by atoms with Crippen LogP contribution in [0.2, 0.25) is 10.0 Å². The molecule has 2 aromatic carbocycles. The third-order valence-corrected chi connectivity index (χ3v) is 11.5. The van der Waals surface area contributed by atoms with Crippen molar-refractivity contribution >= 4 is 47.1 Å². The molecule has 0 aliphatic carbocycles. The first-order valence-corrected chi connectivity index (χ1v) is 21.0. The van der Waals surface area contributed by atoms with Gasteiger partial charge in [0.1, 0.15) is 49.1 Å². The van der Waals surface area contributed by atoms with Gasteiger partial charge in [0.2, 0.25) is 18.9 Å². The molecule has 3 saturated heterocycles. The summed E-state index contributed by atoms with van der Waals surface area (Å²) in [6.07, 6.45) is -8.98. The first kappa shape index (κ1) is 52.6. The van der Waals surface area contributed by atoms with Crippen molar-refractivity contribution < 1.29 is 82.2 Å². The molecule has 5 rings (SSSR count). The summed E-state index contributed by atoms with van der Waals surface area (Å²) >= 11 is 11.6. The molecule has 19 heteroatoms. The van der Waals surface area contributed by atoms with E-state index in [-0.39, 0.29) is 67.0 Å². The van der Waals surface area contributed by atoms with Crippen molar-refractivity contribution in [1.29, 1.82) is 0 Å². The van der Waals surface area contributed by atoms with Crippen molar-refractivity contribution in [2.24, 2.45) is 29.6 Å². The summed E-state index contributed by atoms with van der Waals surface area (Å²) in [6, 6.07) is 13.2. The molecule has 4 N–H and O–H groups in total. The van der Waals surface area contributed by atoms with E-state index in [1.54, 1.807) is 48.5 Å². The summed E-state index contributed by atoms with van der Waals surface area (Å²) in [5.41, 5.74) is 0. The van der Waals surface area contributed by atoms with E-state index in [2.05, 4.69) is 13.8 Å². The van der Waals surface area contributed by atoms with Crippen molar-refractivity contribution in [3.8, 4) is 11.5 Å². The molecule has 0 saturated carbocycles. The molecule has 0 bridgehead atoms. The number of hydrogen-bond donors (Lipinski definition) is 4. The van der Waals surface area contributed by atoms with E-state index in [1.165, 1.54) is 27.7 Å². The van der Waals surface area contributed by atoms with E-state index in [9.17, 15) is 34.5 Å². The number of esters is 4. The second-order valence-corrected chi connectivity index (χ2v) is 16.4. The van der Waals surface area contributed by atoms with E-state index < -0.39 is 62.0 Å². The number of ether oxygens (including phenoxy) is 9. The van der Waals surface area contributed by atoms with Gasteiger partial charge in [-0.3, -0.25) is 19.2 Å². The predicted molar refractivity (Wildman–Crippen MR) is 222 cm³/mol. The lowest BCUT2D eigenvalue weighted by molar-refractivity contribution is -0.277. The predicted octanol–water partition coefficient (Wildman–Crippen LogP) is 4.48. The second kappa shape index (κ2) is 24.9. The molecular weight excluding hydrogens is 859 g/mol. The van der Waals surface area contributed by atoms with Crippen LogP contribution in [0, 0.1) is 29.6 Å². The lowest BCUT2D eigenvalue weighted by Crippen LogP contribution is -2.60. The first-order chi connectivity index (χ1) is 29.1. The standard InChI is InChI=1S/C18H23ClO6.C13H22O5.C12H15ClO6/c1-10-11(2)17(23-13(4)21)18(25-16(10)9-22-12(3)20)24-15-7-5-14(19)6-8-15;1-7-8(2)12(6-16-10(4)14)18-13(9(7)3)17-11(5)15;13-6-1-3-7(4-2-6)18-12-11(17)10(16)9(15)8(5-14)19-12/h5-8,10-11,16-18H,9H2,1-4H3;7-9,12-13H,6H2,1-5H3;1-4,8-12,14-17H,5H2/t10-,11-,16?,17?,18+;7-,8-,9?,12?,13?;8?,9-,10+,11?,12-/m001/s1. The van der Waals surface area contributed by atoms with E-state index in [4.69, 9.17) is 70.9 Å². The Kier molecular flexibility index (Phi) is 21.1. The van der Waals surface area contributed by atoms with Gasteiger partial charge in [-0.1, -0.05) is 57.8 Å². The molecule has 0 aromatic heterocycles. The Morgan fingerprint density at radius 1 is 0.516 bits per heavy atom. The smallest absolute Gasteiger partial charge is 0.304 e. The van der Waals surface area contributed by atoms with Crippen LogP contribution in [0.25, 0.3) is 0 Å². The minimum absolute atomic E-state index is 0.00812. The maximum absolute atomic E-state index is 11.5. The molecule has 3 aliphatic rings. The molecule has 0 radical (unpaired) electrons. The monoisotopic (exact) mass is 918 g/mol. The average molecular weight is 920 g/mol. The molecule has 0 spiro atoms. The highest BCUT2D eigenvalue weighted by Gasteiger charge is 2.46. The first-order valence-electron chi connectivity index (χ1n) is 20.2. The number of halogens is 2. The molecule has 3 heterocycles. The van der Waals surface area contributed by atoms with Gasteiger partial charge in [-0.25, -0.2) is 0 Å². The zero-order chi connectivity index (χ0) is 46.4. The van der Waals surface area contributed by atoms with Crippen LogP contribution in [-0.4, -0.2) is 126 Å². The van der Waals surface area contributed by atoms with Crippen LogP contribution in [0.4, 0.5) is 0 Å². The van der Waals surface area contributed by atoms with Crippen LogP contribution < -0.4 is 9.47 Å². The van der Waals surface area contributed by atoms with Crippen LogP contribution in [0.3, 0.4) is 0 Å². The van der Waals surface area contributed by atoms with Gasteiger partial charge in [0, 0.05) is 49.6 Å². The largest absolute Gasteiger partial charge is 0.463 e. The summed E-state index contributed by atoms with van der Waals surface area (Å²) in [5, 5.41) is 39.1. The number of rotatable bonds is 11. The minimum atomic E-state index is -1.46. The second-order valence-electron chi connectivity index (χ2n) is 15.5. The molecule has 0 amide bonds. The lowest BCUT2D eigenvalue weighted by atomic mass is 9.79. The van der Waals surface area contributed by atoms with Crippen molar-refractivity contribution in [1.82, 2.24) is 0 Å². The fourth-order valence-electron chi connectivity index (χ4n) is 6.73. The molecule has 17 nitrogen and oxygen atoms in total. The number of aliphatic hydroxyl groups is 4. The van der Waals surface area contributed by atoms with E-state index in [1.807, 2.05) is 20.8 Å². The van der Waals surface area contributed by atoms with Crippen LogP contribution in [-0.2, 0) is 52.3 Å². The lowest BCUT2D eigenvalue weighted by Gasteiger charge is -2.43. The van der Waals surface area contributed by atoms with Crippen molar-refractivity contribution in [2.75, 3.05) is 19.8 Å². The van der Waals surface area contributed by atoms with Gasteiger partial charge < -0.3 is 63.1 Å². The van der Waals surface area contributed by atoms with Crippen molar-refractivity contribution in [3.05, 3.63) is 58.6 Å². The van der Waals surface area contributed by atoms with Crippen LogP contribution in [0.1, 0.15) is 62.3 Å². The Bertz CT molecular complexity index is 1710.